The lowest BCUT2D eigenvalue weighted by Gasteiger charge is -2.12. The van der Waals surface area contributed by atoms with Crippen LogP contribution in [0.5, 0.6) is 5.75 Å². The van der Waals surface area contributed by atoms with Crippen molar-refractivity contribution in [1.82, 2.24) is 0 Å². The summed E-state index contributed by atoms with van der Waals surface area (Å²) in [5.74, 6) is -0.320. The number of ether oxygens (including phenoxy) is 1. The summed E-state index contributed by atoms with van der Waals surface area (Å²) < 4.78 is 21.0. The first-order valence-electron chi connectivity index (χ1n) is 8.91. The third kappa shape index (κ3) is 6.29. The van der Waals surface area contributed by atoms with Crippen molar-refractivity contribution in [2.45, 2.75) is 6.61 Å². The van der Waals surface area contributed by atoms with Gasteiger partial charge in [0.15, 0.2) is 0 Å². The number of amides is 1. The summed E-state index contributed by atoms with van der Waals surface area (Å²) >= 11 is 11.4. The molecule has 0 unspecified atom stereocenters. The summed E-state index contributed by atoms with van der Waals surface area (Å²) in [6.45, 7) is 0.0728. The average molecular weight is 612 g/mol. The molecule has 31 heavy (non-hydrogen) atoms. The molecule has 0 aliphatic carbocycles. The molecule has 0 atom stereocenters. The van der Waals surface area contributed by atoms with E-state index in [1.165, 1.54) is 12.1 Å². The highest BCUT2D eigenvalue weighted by Crippen LogP contribution is 2.33. The lowest BCUT2D eigenvalue weighted by molar-refractivity contribution is -0.112. The van der Waals surface area contributed by atoms with Crippen LogP contribution < -0.4 is 10.1 Å². The number of nitriles is 1. The first kappa shape index (κ1) is 23.3. The molecule has 3 rings (SSSR count). The molecule has 0 saturated heterocycles. The van der Waals surface area contributed by atoms with E-state index in [2.05, 4.69) is 43.8 Å². The highest BCUT2D eigenvalue weighted by molar-refractivity contribution is 14.1. The summed E-state index contributed by atoms with van der Waals surface area (Å²) in [6.07, 6.45) is 1.48. The Labute approximate surface area is 205 Å². The molecule has 3 aromatic carbocycles. The lowest BCUT2D eigenvalue weighted by Crippen LogP contribution is -2.13. The number of anilines is 1. The third-order valence-corrected chi connectivity index (χ3v) is 5.77. The maximum atomic E-state index is 13.8. The second-order valence-corrected chi connectivity index (χ2v) is 8.78. The zero-order chi connectivity index (χ0) is 22.4. The number of halogens is 4. The molecule has 0 spiro atoms. The average Bonchev–Trinajstić information content (AvgIpc) is 2.74. The quantitative estimate of drug-likeness (QED) is 0.186. The van der Waals surface area contributed by atoms with Crippen LogP contribution in [-0.4, -0.2) is 5.91 Å². The zero-order valence-corrected chi connectivity index (χ0v) is 20.3. The Balaban J connectivity index is 1.77. The molecule has 0 fully saturated rings. The van der Waals surface area contributed by atoms with Crippen LogP contribution >= 0.6 is 50.1 Å². The van der Waals surface area contributed by atoms with Crippen LogP contribution in [0.4, 0.5) is 10.1 Å². The predicted octanol–water partition coefficient (Wildman–Crippen LogP) is 6.97. The van der Waals surface area contributed by atoms with Crippen LogP contribution in [0.25, 0.3) is 6.08 Å². The van der Waals surface area contributed by atoms with Crippen molar-refractivity contribution in [3.8, 4) is 11.8 Å². The standard InChI is InChI=1S/C23H14BrClFIN2O2/c24-19-10-14(9-16(12-28)23(30)29-18-7-5-17(25)6-8-18)11-21(27)22(19)31-13-15-3-1-2-4-20(15)26/h1-11H,13H2,(H,29,30)/b16-9-. The number of hydrogen-bond acceptors (Lipinski definition) is 3. The Bertz CT molecular complexity index is 1170. The number of nitrogens with one attached hydrogen (secondary N) is 1. The summed E-state index contributed by atoms with van der Waals surface area (Å²) in [7, 11) is 0. The van der Waals surface area contributed by atoms with Crippen LogP contribution in [0.15, 0.2) is 70.7 Å². The van der Waals surface area contributed by atoms with Gasteiger partial charge in [0.25, 0.3) is 5.91 Å². The highest BCUT2D eigenvalue weighted by Gasteiger charge is 2.13. The van der Waals surface area contributed by atoms with E-state index >= 15 is 0 Å². The molecule has 156 valence electrons. The highest BCUT2D eigenvalue weighted by atomic mass is 127. The largest absolute Gasteiger partial charge is 0.486 e. The first-order chi connectivity index (χ1) is 14.9. The fourth-order valence-electron chi connectivity index (χ4n) is 2.61. The van der Waals surface area contributed by atoms with Crippen LogP contribution in [0, 0.1) is 20.7 Å². The maximum Gasteiger partial charge on any atom is 0.266 e. The van der Waals surface area contributed by atoms with Gasteiger partial charge in [-0.05, 0) is 92.6 Å². The number of carbonyl (C=O) groups excluding carboxylic acids is 1. The number of rotatable bonds is 6. The molecular weight excluding hydrogens is 598 g/mol. The van der Waals surface area contributed by atoms with E-state index < -0.39 is 5.91 Å². The fraction of sp³-hybridized carbons (Fsp3) is 0.0435. The SMILES string of the molecule is N#C/C(=C/c1cc(Br)c(OCc2ccccc2F)c(I)c1)C(=O)Nc1ccc(Cl)cc1. The summed E-state index contributed by atoms with van der Waals surface area (Å²) in [6, 6.07) is 18.4. The first-order valence-corrected chi connectivity index (χ1v) is 11.2. The van der Waals surface area contributed by atoms with Gasteiger partial charge in [-0.1, -0.05) is 29.8 Å². The Morgan fingerprint density at radius 1 is 1.23 bits per heavy atom. The van der Waals surface area contributed by atoms with Crippen molar-refractivity contribution in [2.24, 2.45) is 0 Å². The van der Waals surface area contributed by atoms with Gasteiger partial charge in [-0.25, -0.2) is 4.39 Å². The number of nitrogens with zero attached hydrogens (tertiary/aromatic N) is 1. The Morgan fingerprint density at radius 2 is 1.94 bits per heavy atom. The van der Waals surface area contributed by atoms with Crippen LogP contribution in [0.1, 0.15) is 11.1 Å². The van der Waals surface area contributed by atoms with Crippen molar-refractivity contribution in [3.05, 3.63) is 96.2 Å². The van der Waals surface area contributed by atoms with Gasteiger partial charge >= 0.3 is 0 Å². The number of benzene rings is 3. The van der Waals surface area contributed by atoms with Crippen LogP contribution in [0.2, 0.25) is 5.02 Å². The molecule has 3 aromatic rings. The maximum absolute atomic E-state index is 13.8. The summed E-state index contributed by atoms with van der Waals surface area (Å²) in [5, 5.41) is 12.6. The second kappa shape index (κ2) is 10.8. The minimum atomic E-state index is -0.532. The van der Waals surface area contributed by atoms with Gasteiger partial charge in [0.05, 0.1) is 8.04 Å². The molecule has 1 N–H and O–H groups in total. The van der Waals surface area contributed by atoms with Gasteiger partial charge in [0, 0.05) is 16.3 Å². The van der Waals surface area contributed by atoms with Crippen LogP contribution in [0.3, 0.4) is 0 Å². The molecule has 8 heteroatoms. The molecule has 0 aromatic heterocycles. The van der Waals surface area contributed by atoms with Gasteiger partial charge < -0.3 is 10.1 Å². The van der Waals surface area contributed by atoms with Gasteiger partial charge in [-0.15, -0.1) is 0 Å². The van der Waals surface area contributed by atoms with Gasteiger partial charge in [-0.3, -0.25) is 4.79 Å². The monoisotopic (exact) mass is 610 g/mol. The number of hydrogen-bond donors (Lipinski definition) is 1. The fourth-order valence-corrected chi connectivity index (χ4v) is 4.51. The van der Waals surface area contributed by atoms with Crippen molar-refractivity contribution < 1.29 is 13.9 Å². The smallest absolute Gasteiger partial charge is 0.266 e. The number of carbonyl (C=O) groups is 1. The van der Waals surface area contributed by atoms with Gasteiger partial charge in [0.2, 0.25) is 0 Å². The van der Waals surface area contributed by atoms with Crippen molar-refractivity contribution >= 4 is 67.8 Å². The van der Waals surface area contributed by atoms with Crippen molar-refractivity contribution in [1.29, 1.82) is 5.26 Å². The molecule has 1 amide bonds. The Hall–Kier alpha value is -2.41. The molecule has 0 aliphatic rings. The van der Waals surface area contributed by atoms with E-state index in [0.29, 0.717) is 32.1 Å². The van der Waals surface area contributed by atoms with E-state index in [-0.39, 0.29) is 18.0 Å². The van der Waals surface area contributed by atoms with Crippen molar-refractivity contribution in [2.75, 3.05) is 5.32 Å². The topological polar surface area (TPSA) is 62.1 Å². The second-order valence-electron chi connectivity index (χ2n) is 6.32. The third-order valence-electron chi connectivity index (χ3n) is 4.13. The molecule has 0 heterocycles. The zero-order valence-electron chi connectivity index (χ0n) is 15.8. The van der Waals surface area contributed by atoms with Crippen LogP contribution in [-0.2, 0) is 11.4 Å². The van der Waals surface area contributed by atoms with E-state index in [9.17, 15) is 14.4 Å². The predicted molar refractivity (Wildman–Crippen MR) is 131 cm³/mol. The van der Waals surface area contributed by atoms with Crippen molar-refractivity contribution in [3.63, 3.8) is 0 Å². The molecule has 0 radical (unpaired) electrons. The van der Waals surface area contributed by atoms with E-state index in [0.717, 1.165) is 3.57 Å². The lowest BCUT2D eigenvalue weighted by atomic mass is 10.1. The minimum absolute atomic E-state index is 0.0577. The molecule has 0 aliphatic heterocycles. The van der Waals surface area contributed by atoms with E-state index in [1.54, 1.807) is 54.6 Å². The molecule has 0 bridgehead atoms. The van der Waals surface area contributed by atoms with E-state index in [1.807, 2.05) is 6.07 Å². The van der Waals surface area contributed by atoms with Gasteiger partial charge in [0.1, 0.15) is 29.8 Å². The normalized spacial score (nSPS) is 11.0. The molecule has 4 nitrogen and oxygen atoms in total. The summed E-state index contributed by atoms with van der Waals surface area (Å²) in [4.78, 5) is 12.5. The summed E-state index contributed by atoms with van der Waals surface area (Å²) in [5.41, 5.74) is 1.55. The molecular formula is C23H14BrClFIN2O2. The minimum Gasteiger partial charge on any atom is -0.486 e. The van der Waals surface area contributed by atoms with E-state index in [4.69, 9.17) is 16.3 Å². The Morgan fingerprint density at radius 3 is 2.58 bits per heavy atom. The van der Waals surface area contributed by atoms with Gasteiger partial charge in [-0.2, -0.15) is 5.26 Å². The Kier molecular flexibility index (Phi) is 8.07. The molecule has 0 saturated carbocycles.